The topological polar surface area (TPSA) is 79.0 Å². The van der Waals surface area contributed by atoms with Crippen molar-refractivity contribution in [1.29, 1.82) is 0 Å². The van der Waals surface area contributed by atoms with Gasteiger partial charge in [0.25, 0.3) is 0 Å². The summed E-state index contributed by atoms with van der Waals surface area (Å²) < 4.78 is 30.1. The van der Waals surface area contributed by atoms with Gasteiger partial charge in [-0.2, -0.15) is 4.31 Å². The minimum atomic E-state index is -3.36. The van der Waals surface area contributed by atoms with Gasteiger partial charge in [0.05, 0.1) is 19.5 Å². The molecule has 1 amide bonds. The normalized spacial score (nSPS) is 22.5. The summed E-state index contributed by atoms with van der Waals surface area (Å²) in [6.07, 6.45) is 2.42. The Morgan fingerprint density at radius 3 is 2.46 bits per heavy atom. The number of carbonyl (C=O) groups is 1. The molecule has 0 unspecified atom stereocenters. The number of morpholine rings is 1. The van der Waals surface area contributed by atoms with E-state index in [1.54, 1.807) is 0 Å². The minimum absolute atomic E-state index is 0.267. The number of hydrogen-bond donors (Lipinski definition) is 1. The number of amides is 1. The van der Waals surface area contributed by atoms with Crippen molar-refractivity contribution in [2.24, 2.45) is 0 Å². The molecule has 2 fully saturated rings. The Hall–Kier alpha value is -1.64. The lowest BCUT2D eigenvalue weighted by Gasteiger charge is -2.29. The third-order valence-corrected chi connectivity index (χ3v) is 5.73. The molecule has 1 aromatic rings. The van der Waals surface area contributed by atoms with E-state index in [1.165, 1.54) is 4.31 Å². The molecular formula is C16H23N3O4S. The van der Waals surface area contributed by atoms with Crippen LogP contribution in [0, 0.1) is 0 Å². The van der Waals surface area contributed by atoms with E-state index in [-0.39, 0.29) is 5.91 Å². The Bertz CT molecular complexity index is 684. The Morgan fingerprint density at radius 2 is 1.83 bits per heavy atom. The van der Waals surface area contributed by atoms with Crippen LogP contribution < -0.4 is 10.2 Å². The van der Waals surface area contributed by atoms with Crippen LogP contribution in [0.25, 0.3) is 0 Å². The Labute approximate surface area is 142 Å². The van der Waals surface area contributed by atoms with Gasteiger partial charge in [-0.1, -0.05) is 0 Å². The van der Waals surface area contributed by atoms with Crippen LogP contribution >= 0.6 is 0 Å². The maximum Gasteiger partial charge on any atom is 0.242 e. The molecule has 0 saturated carbocycles. The molecule has 1 N–H and O–H groups in total. The molecule has 0 radical (unpaired) electrons. The standard InChI is InChI=1S/C16H23N3O4S/c1-24(21,22)19-8-2-3-15(19)16(20)17-13-4-6-14(7-5-13)18-9-11-23-12-10-18/h4-7,15H,2-3,8-12H2,1H3,(H,17,20)/t15-/m0/s1. The van der Waals surface area contributed by atoms with E-state index in [2.05, 4.69) is 10.2 Å². The quantitative estimate of drug-likeness (QED) is 0.870. The molecule has 2 heterocycles. The highest BCUT2D eigenvalue weighted by Crippen LogP contribution is 2.23. The Balaban J connectivity index is 1.64. The van der Waals surface area contributed by atoms with Crippen molar-refractivity contribution >= 4 is 27.3 Å². The molecule has 7 nitrogen and oxygen atoms in total. The number of carbonyl (C=O) groups excluding carboxylic acids is 1. The smallest absolute Gasteiger partial charge is 0.242 e. The van der Waals surface area contributed by atoms with Gasteiger partial charge >= 0.3 is 0 Å². The minimum Gasteiger partial charge on any atom is -0.378 e. The molecule has 2 saturated heterocycles. The molecule has 0 spiro atoms. The second-order valence-electron chi connectivity index (χ2n) is 6.17. The predicted octanol–water partition coefficient (Wildman–Crippen LogP) is 0.886. The van der Waals surface area contributed by atoms with E-state index in [9.17, 15) is 13.2 Å². The third kappa shape index (κ3) is 3.88. The van der Waals surface area contributed by atoms with Gasteiger partial charge in [0, 0.05) is 31.0 Å². The van der Waals surface area contributed by atoms with E-state index < -0.39 is 16.1 Å². The number of benzene rings is 1. The predicted molar refractivity (Wildman–Crippen MR) is 92.7 cm³/mol. The summed E-state index contributed by atoms with van der Waals surface area (Å²) in [5, 5.41) is 2.83. The highest BCUT2D eigenvalue weighted by molar-refractivity contribution is 7.88. The van der Waals surface area contributed by atoms with E-state index in [4.69, 9.17) is 4.74 Å². The third-order valence-electron chi connectivity index (χ3n) is 4.44. The van der Waals surface area contributed by atoms with Crippen molar-refractivity contribution in [3.63, 3.8) is 0 Å². The van der Waals surface area contributed by atoms with Gasteiger partial charge in [-0.15, -0.1) is 0 Å². The van der Waals surface area contributed by atoms with Crippen LogP contribution in [0.2, 0.25) is 0 Å². The number of anilines is 2. The van der Waals surface area contributed by atoms with Gasteiger partial charge in [-0.05, 0) is 37.1 Å². The van der Waals surface area contributed by atoms with Gasteiger partial charge in [-0.25, -0.2) is 8.42 Å². The van der Waals surface area contributed by atoms with Crippen molar-refractivity contribution in [1.82, 2.24) is 4.31 Å². The molecule has 1 aromatic carbocycles. The van der Waals surface area contributed by atoms with Crippen LogP contribution in [-0.4, -0.2) is 63.8 Å². The molecule has 2 aliphatic heterocycles. The van der Waals surface area contributed by atoms with E-state index in [0.29, 0.717) is 25.1 Å². The molecule has 24 heavy (non-hydrogen) atoms. The van der Waals surface area contributed by atoms with Crippen molar-refractivity contribution in [2.45, 2.75) is 18.9 Å². The van der Waals surface area contributed by atoms with Crippen LogP contribution in [0.15, 0.2) is 24.3 Å². The Morgan fingerprint density at radius 1 is 1.17 bits per heavy atom. The van der Waals surface area contributed by atoms with E-state index >= 15 is 0 Å². The summed E-state index contributed by atoms with van der Waals surface area (Å²) in [4.78, 5) is 14.6. The van der Waals surface area contributed by atoms with Gasteiger partial charge in [0.2, 0.25) is 15.9 Å². The fraction of sp³-hybridized carbons (Fsp3) is 0.562. The fourth-order valence-electron chi connectivity index (χ4n) is 3.20. The van der Waals surface area contributed by atoms with Gasteiger partial charge in [0.1, 0.15) is 6.04 Å². The molecule has 1 atom stereocenters. The largest absolute Gasteiger partial charge is 0.378 e. The summed E-state index contributed by atoms with van der Waals surface area (Å²) in [6.45, 7) is 3.57. The summed E-state index contributed by atoms with van der Waals surface area (Å²) in [7, 11) is -3.36. The summed E-state index contributed by atoms with van der Waals surface area (Å²) in [6, 6.07) is 7.01. The maximum absolute atomic E-state index is 12.4. The number of nitrogens with zero attached hydrogens (tertiary/aromatic N) is 2. The van der Waals surface area contributed by atoms with Crippen LogP contribution in [0.3, 0.4) is 0 Å². The first-order chi connectivity index (χ1) is 11.4. The maximum atomic E-state index is 12.4. The van der Waals surface area contributed by atoms with E-state index in [0.717, 1.165) is 38.2 Å². The molecule has 3 rings (SSSR count). The van der Waals surface area contributed by atoms with Crippen LogP contribution in [-0.2, 0) is 19.6 Å². The number of nitrogens with one attached hydrogen (secondary N) is 1. The van der Waals surface area contributed by atoms with Crippen molar-refractivity contribution in [3.05, 3.63) is 24.3 Å². The zero-order valence-corrected chi connectivity index (χ0v) is 14.6. The summed E-state index contributed by atoms with van der Waals surface area (Å²) >= 11 is 0. The second kappa shape index (κ2) is 7.08. The molecule has 0 aliphatic carbocycles. The molecule has 0 aromatic heterocycles. The lowest BCUT2D eigenvalue weighted by atomic mass is 10.2. The summed E-state index contributed by atoms with van der Waals surface area (Å²) in [5.41, 5.74) is 1.77. The number of rotatable bonds is 4. The van der Waals surface area contributed by atoms with Gasteiger partial charge in [-0.3, -0.25) is 4.79 Å². The second-order valence-corrected chi connectivity index (χ2v) is 8.10. The molecule has 2 aliphatic rings. The van der Waals surface area contributed by atoms with E-state index in [1.807, 2.05) is 24.3 Å². The zero-order valence-electron chi connectivity index (χ0n) is 13.8. The lowest BCUT2D eigenvalue weighted by molar-refractivity contribution is -0.119. The van der Waals surface area contributed by atoms with Crippen LogP contribution in [0.4, 0.5) is 11.4 Å². The first-order valence-corrected chi connectivity index (χ1v) is 10.0. The fourth-order valence-corrected chi connectivity index (χ4v) is 4.33. The monoisotopic (exact) mass is 353 g/mol. The van der Waals surface area contributed by atoms with Crippen molar-refractivity contribution in [2.75, 3.05) is 49.3 Å². The highest BCUT2D eigenvalue weighted by atomic mass is 32.2. The average Bonchev–Trinajstić information content (AvgIpc) is 3.06. The first-order valence-electron chi connectivity index (χ1n) is 8.15. The van der Waals surface area contributed by atoms with Crippen LogP contribution in [0.1, 0.15) is 12.8 Å². The molecule has 0 bridgehead atoms. The molecular weight excluding hydrogens is 330 g/mol. The van der Waals surface area contributed by atoms with Crippen LogP contribution in [0.5, 0.6) is 0 Å². The lowest BCUT2D eigenvalue weighted by Crippen LogP contribution is -2.42. The van der Waals surface area contributed by atoms with Crippen molar-refractivity contribution in [3.8, 4) is 0 Å². The number of sulfonamides is 1. The Kier molecular flexibility index (Phi) is 5.07. The first kappa shape index (κ1) is 17.2. The molecule has 132 valence electrons. The number of hydrogen-bond acceptors (Lipinski definition) is 5. The highest BCUT2D eigenvalue weighted by Gasteiger charge is 2.36. The molecule has 8 heteroatoms. The number of ether oxygens (including phenoxy) is 1. The van der Waals surface area contributed by atoms with Crippen molar-refractivity contribution < 1.29 is 17.9 Å². The van der Waals surface area contributed by atoms with Gasteiger partial charge < -0.3 is 15.0 Å². The zero-order chi connectivity index (χ0) is 17.2. The SMILES string of the molecule is CS(=O)(=O)N1CCC[C@H]1C(=O)Nc1ccc(N2CCOCC2)cc1. The van der Waals surface area contributed by atoms with Gasteiger partial charge in [0.15, 0.2) is 0 Å². The average molecular weight is 353 g/mol. The summed E-state index contributed by atoms with van der Waals surface area (Å²) in [5.74, 6) is -0.267.